The maximum atomic E-state index is 13.7. The van der Waals surface area contributed by atoms with E-state index in [-0.39, 0.29) is 23.4 Å². The number of unbranched alkanes of at least 4 members (excludes halogenated alkanes) is 1. The summed E-state index contributed by atoms with van der Waals surface area (Å²) in [5.41, 5.74) is 3.82. The summed E-state index contributed by atoms with van der Waals surface area (Å²) in [4.78, 5) is 2.78. The molecule has 2 aromatic carbocycles. The molecule has 0 atom stereocenters. The van der Waals surface area contributed by atoms with E-state index in [2.05, 4.69) is 4.98 Å². The molecule has 0 aliphatic heterocycles. The first-order chi connectivity index (χ1) is 13.5. The van der Waals surface area contributed by atoms with Crippen LogP contribution >= 0.6 is 11.6 Å². The van der Waals surface area contributed by atoms with Gasteiger partial charge in [-0.15, -0.1) is 0 Å². The van der Waals surface area contributed by atoms with E-state index in [9.17, 15) is 26.3 Å². The Hall–Kier alpha value is -2.19. The van der Waals surface area contributed by atoms with Crippen LogP contribution in [-0.2, 0) is 18.8 Å². The molecule has 0 radical (unpaired) electrons. The fourth-order valence-corrected chi connectivity index (χ4v) is 3.47. The third kappa shape index (κ3) is 4.53. The van der Waals surface area contributed by atoms with E-state index in [0.717, 1.165) is 6.07 Å². The first-order valence-corrected chi connectivity index (χ1v) is 9.19. The number of rotatable bonds is 5. The summed E-state index contributed by atoms with van der Waals surface area (Å²) < 4.78 is 80.7. The third-order valence-corrected chi connectivity index (χ3v) is 4.90. The highest BCUT2D eigenvalue weighted by atomic mass is 35.5. The molecule has 3 aromatic rings. The number of hydrogen-bond acceptors (Lipinski definition) is 1. The van der Waals surface area contributed by atoms with Crippen molar-refractivity contribution in [1.82, 2.24) is 4.98 Å². The summed E-state index contributed by atoms with van der Waals surface area (Å²) in [5.74, 6) is 0. The van der Waals surface area contributed by atoms with Crippen LogP contribution in [0.2, 0.25) is 5.02 Å². The fraction of sp³-hybridized carbons (Fsp3) is 0.300. The van der Waals surface area contributed by atoms with E-state index in [0.29, 0.717) is 41.2 Å². The molecular formula is C20H17ClF6N2. The van der Waals surface area contributed by atoms with Crippen molar-refractivity contribution < 1.29 is 26.3 Å². The molecule has 29 heavy (non-hydrogen) atoms. The van der Waals surface area contributed by atoms with Crippen LogP contribution in [0, 0.1) is 0 Å². The minimum atomic E-state index is -4.94. The van der Waals surface area contributed by atoms with Gasteiger partial charge >= 0.3 is 12.4 Å². The van der Waals surface area contributed by atoms with Crippen molar-refractivity contribution in [2.24, 2.45) is 5.73 Å². The molecule has 0 spiro atoms. The number of nitrogens with one attached hydrogen (secondary N) is 1. The van der Waals surface area contributed by atoms with Crippen LogP contribution < -0.4 is 5.73 Å². The Morgan fingerprint density at radius 3 is 2.10 bits per heavy atom. The maximum Gasteiger partial charge on any atom is 0.417 e. The molecule has 0 saturated carbocycles. The molecular weight excluding hydrogens is 418 g/mol. The molecule has 0 amide bonds. The van der Waals surface area contributed by atoms with Crippen molar-refractivity contribution in [3.63, 3.8) is 0 Å². The number of aromatic amines is 1. The largest absolute Gasteiger partial charge is 0.417 e. The number of halogens is 7. The van der Waals surface area contributed by atoms with E-state index in [1.165, 1.54) is 0 Å². The van der Waals surface area contributed by atoms with Crippen molar-refractivity contribution in [1.29, 1.82) is 0 Å². The van der Waals surface area contributed by atoms with Gasteiger partial charge in [0.2, 0.25) is 0 Å². The first-order valence-electron chi connectivity index (χ1n) is 8.81. The zero-order valence-corrected chi connectivity index (χ0v) is 15.8. The molecule has 1 aromatic heterocycles. The SMILES string of the molecule is NCCCCc1c(-c2ccc(Cl)cc2)[nH]c2cc(C(F)(F)F)cc(C(F)(F)F)c12. The van der Waals surface area contributed by atoms with Crippen LogP contribution in [0.1, 0.15) is 29.5 Å². The average molecular weight is 435 g/mol. The van der Waals surface area contributed by atoms with Crippen molar-refractivity contribution in [2.75, 3.05) is 6.54 Å². The van der Waals surface area contributed by atoms with Crippen LogP contribution in [0.4, 0.5) is 26.3 Å². The van der Waals surface area contributed by atoms with Gasteiger partial charge in [-0.1, -0.05) is 23.7 Å². The second kappa shape index (κ2) is 7.91. The van der Waals surface area contributed by atoms with E-state index in [4.69, 9.17) is 17.3 Å². The van der Waals surface area contributed by atoms with Crippen LogP contribution in [0.25, 0.3) is 22.2 Å². The predicted octanol–water partition coefficient (Wildman–Crippen LogP) is 6.81. The molecule has 0 aliphatic rings. The second-order valence-corrected chi connectivity index (χ2v) is 7.11. The molecule has 3 rings (SSSR count). The molecule has 9 heteroatoms. The van der Waals surface area contributed by atoms with Crippen LogP contribution in [0.3, 0.4) is 0 Å². The molecule has 0 saturated heterocycles. The highest BCUT2D eigenvalue weighted by molar-refractivity contribution is 6.30. The van der Waals surface area contributed by atoms with Crippen LogP contribution in [0.5, 0.6) is 0 Å². The highest BCUT2D eigenvalue weighted by Gasteiger charge is 2.39. The van der Waals surface area contributed by atoms with Gasteiger partial charge in [0, 0.05) is 21.6 Å². The Labute approximate surface area is 167 Å². The molecule has 2 nitrogen and oxygen atoms in total. The molecule has 3 N–H and O–H groups in total. The quantitative estimate of drug-likeness (QED) is 0.336. The minimum absolute atomic E-state index is 0.175. The van der Waals surface area contributed by atoms with Gasteiger partial charge in [-0.25, -0.2) is 0 Å². The van der Waals surface area contributed by atoms with Gasteiger partial charge in [-0.3, -0.25) is 0 Å². The van der Waals surface area contributed by atoms with Gasteiger partial charge in [0.15, 0.2) is 0 Å². The number of fused-ring (bicyclic) bond motifs is 1. The standard InChI is InChI=1S/C20H17ClF6N2/c21-13-6-4-11(5-7-13)18-14(3-1-2-8-28)17-15(20(25,26)27)9-12(19(22,23)24)10-16(17)29-18/h4-7,9-10,29H,1-3,8,28H2. The Kier molecular flexibility index (Phi) is 5.87. The predicted molar refractivity (Wildman–Crippen MR) is 101 cm³/mol. The minimum Gasteiger partial charge on any atom is -0.354 e. The molecule has 0 aliphatic carbocycles. The summed E-state index contributed by atoms with van der Waals surface area (Å²) >= 11 is 5.88. The highest BCUT2D eigenvalue weighted by Crippen LogP contribution is 2.43. The Bertz CT molecular complexity index is 1000. The normalized spacial score (nSPS) is 12.7. The molecule has 1 heterocycles. The maximum absolute atomic E-state index is 13.7. The van der Waals surface area contributed by atoms with Gasteiger partial charge in [-0.2, -0.15) is 26.3 Å². The molecule has 0 unspecified atom stereocenters. The van der Waals surface area contributed by atoms with E-state index in [1.807, 2.05) is 0 Å². The summed E-state index contributed by atoms with van der Waals surface area (Å²) in [6.07, 6.45) is -8.53. The smallest absolute Gasteiger partial charge is 0.354 e. The number of H-pyrrole nitrogens is 1. The topological polar surface area (TPSA) is 41.8 Å². The Morgan fingerprint density at radius 2 is 1.55 bits per heavy atom. The summed E-state index contributed by atoms with van der Waals surface area (Å²) in [7, 11) is 0. The third-order valence-electron chi connectivity index (χ3n) is 4.65. The summed E-state index contributed by atoms with van der Waals surface area (Å²) in [6.45, 7) is 0.364. The van der Waals surface area contributed by atoms with Crippen molar-refractivity contribution in [3.8, 4) is 11.3 Å². The monoisotopic (exact) mass is 434 g/mol. The Morgan fingerprint density at radius 1 is 0.897 bits per heavy atom. The van der Waals surface area contributed by atoms with Crippen LogP contribution in [-0.4, -0.2) is 11.5 Å². The number of benzene rings is 2. The zero-order chi connectivity index (χ0) is 21.4. The number of aryl methyl sites for hydroxylation is 1. The summed E-state index contributed by atoms with van der Waals surface area (Å²) in [5, 5.41) is 0.192. The molecule has 156 valence electrons. The fourth-order valence-electron chi connectivity index (χ4n) is 3.35. The number of alkyl halides is 6. The molecule has 0 bridgehead atoms. The molecule has 0 fully saturated rings. The van der Waals surface area contributed by atoms with Gasteiger partial charge in [0.1, 0.15) is 0 Å². The first kappa shape index (κ1) is 21.5. The van der Waals surface area contributed by atoms with Crippen LogP contribution in [0.15, 0.2) is 36.4 Å². The van der Waals surface area contributed by atoms with E-state index >= 15 is 0 Å². The number of hydrogen-bond donors (Lipinski definition) is 2. The lowest BCUT2D eigenvalue weighted by Gasteiger charge is -2.14. The number of nitrogens with two attached hydrogens (primary N) is 1. The summed E-state index contributed by atoms with van der Waals surface area (Å²) in [6, 6.07) is 7.25. The van der Waals surface area contributed by atoms with Gasteiger partial charge in [0.25, 0.3) is 0 Å². The van der Waals surface area contributed by atoms with Crippen molar-refractivity contribution in [3.05, 3.63) is 58.1 Å². The van der Waals surface area contributed by atoms with Gasteiger partial charge < -0.3 is 10.7 Å². The van der Waals surface area contributed by atoms with E-state index < -0.39 is 23.5 Å². The van der Waals surface area contributed by atoms with Gasteiger partial charge in [-0.05, 0) is 61.2 Å². The second-order valence-electron chi connectivity index (χ2n) is 6.67. The Balaban J connectivity index is 2.32. The van der Waals surface area contributed by atoms with E-state index in [1.54, 1.807) is 24.3 Å². The lowest BCUT2D eigenvalue weighted by molar-refractivity contribution is -0.142. The van der Waals surface area contributed by atoms with Crippen molar-refractivity contribution in [2.45, 2.75) is 31.6 Å². The average Bonchev–Trinajstić information content (AvgIpc) is 2.99. The zero-order valence-electron chi connectivity index (χ0n) is 15.0. The van der Waals surface area contributed by atoms with Crippen molar-refractivity contribution >= 4 is 22.5 Å². The van der Waals surface area contributed by atoms with Gasteiger partial charge in [0.05, 0.1) is 11.1 Å². The lowest BCUT2D eigenvalue weighted by Crippen LogP contribution is -2.11. The number of aromatic nitrogens is 1. The lowest BCUT2D eigenvalue weighted by atomic mass is 9.96.